The first kappa shape index (κ1) is 18.1. The van der Waals surface area contributed by atoms with E-state index in [9.17, 15) is 4.79 Å². The monoisotopic (exact) mass is 256 g/mol. The van der Waals surface area contributed by atoms with Crippen LogP contribution < -0.4 is 0 Å². The van der Waals surface area contributed by atoms with Crippen LogP contribution in [0.2, 0.25) is 0 Å². The minimum absolute atomic E-state index is 0.833. The van der Waals surface area contributed by atoms with Crippen LogP contribution in [0.3, 0.4) is 0 Å². The summed E-state index contributed by atoms with van der Waals surface area (Å²) < 4.78 is 0. The highest BCUT2D eigenvalue weighted by atomic mass is 16.4. The van der Waals surface area contributed by atoms with Gasteiger partial charge in [-0.15, -0.1) is 0 Å². The number of carboxylic acids is 2. The predicted octanol–water partition coefficient (Wildman–Crippen LogP) is -3.40. The van der Waals surface area contributed by atoms with E-state index in [4.69, 9.17) is 40.5 Å². The van der Waals surface area contributed by atoms with Crippen molar-refractivity contribution in [1.29, 1.82) is 0 Å². The molecule has 0 aromatic carbocycles. The number of rotatable bonds is 5. The van der Waals surface area contributed by atoms with Gasteiger partial charge in [0.05, 0.1) is 6.61 Å². The third kappa shape index (κ3) is 8.54. The van der Waals surface area contributed by atoms with E-state index in [0.29, 0.717) is 0 Å². The number of carboxylic acid groups (broad SMARTS) is 2. The molecule has 0 aliphatic heterocycles. The van der Waals surface area contributed by atoms with Crippen LogP contribution in [0.25, 0.3) is 0 Å². The predicted molar refractivity (Wildman–Crippen MR) is 52.1 cm³/mol. The second kappa shape index (κ2) is 8.84. The van der Waals surface area contributed by atoms with Crippen molar-refractivity contribution >= 4 is 11.9 Å². The zero-order chi connectivity index (χ0) is 14.2. The van der Waals surface area contributed by atoms with Gasteiger partial charge in [-0.3, -0.25) is 4.79 Å². The Morgan fingerprint density at radius 3 is 1.59 bits per heavy atom. The molecule has 0 heterocycles. The fourth-order valence-corrected chi connectivity index (χ4v) is 0.668. The fourth-order valence-electron chi connectivity index (χ4n) is 0.668. The van der Waals surface area contributed by atoms with Gasteiger partial charge >= 0.3 is 5.97 Å². The van der Waals surface area contributed by atoms with E-state index in [1.54, 1.807) is 0 Å². The van der Waals surface area contributed by atoms with Crippen molar-refractivity contribution in [2.24, 2.45) is 0 Å². The molecule has 0 aromatic rings. The number of hydrogen-bond donors (Lipinski definition) is 7. The number of hydrogen-bond acceptors (Lipinski definition) is 7. The van der Waals surface area contributed by atoms with Crippen molar-refractivity contribution in [3.8, 4) is 0 Å². The molecule has 4 unspecified atom stereocenters. The van der Waals surface area contributed by atoms with E-state index in [1.807, 2.05) is 0 Å². The Kier molecular flexibility index (Phi) is 9.42. The Balaban J connectivity index is 0. The summed E-state index contributed by atoms with van der Waals surface area (Å²) in [6.45, 7) is 0.241. The summed E-state index contributed by atoms with van der Waals surface area (Å²) in [5.41, 5.74) is 0. The first-order valence-corrected chi connectivity index (χ1v) is 4.40. The van der Waals surface area contributed by atoms with Crippen molar-refractivity contribution in [3.63, 3.8) is 0 Å². The summed E-state index contributed by atoms with van der Waals surface area (Å²) in [6, 6.07) is 0. The Bertz CT molecular complexity index is 237. The molecule has 17 heavy (non-hydrogen) atoms. The largest absolute Gasteiger partial charge is 0.481 e. The molecule has 9 nitrogen and oxygen atoms in total. The lowest BCUT2D eigenvalue weighted by Gasteiger charge is -2.23. The highest BCUT2D eigenvalue weighted by Gasteiger charge is 2.33. The van der Waals surface area contributed by atoms with Gasteiger partial charge in [0.2, 0.25) is 0 Å². The molecule has 0 aliphatic carbocycles. The molecule has 0 radical (unpaired) electrons. The number of aliphatic hydroxyl groups is 5. The summed E-state index contributed by atoms with van der Waals surface area (Å²) in [6.07, 6.45) is -7.84. The minimum Gasteiger partial charge on any atom is -0.481 e. The Morgan fingerprint density at radius 2 is 1.35 bits per heavy atom. The smallest absolute Gasteiger partial charge is 0.335 e. The second-order valence-electron chi connectivity index (χ2n) is 3.03. The fraction of sp³-hybridized carbons (Fsp3) is 0.750. The molecule has 4 atom stereocenters. The van der Waals surface area contributed by atoms with Gasteiger partial charge in [-0.25, -0.2) is 4.79 Å². The molecule has 0 rings (SSSR count). The van der Waals surface area contributed by atoms with E-state index in [1.165, 1.54) is 0 Å². The maximum absolute atomic E-state index is 10.1. The third-order valence-corrected chi connectivity index (χ3v) is 1.51. The SMILES string of the molecule is CC(=O)O.O=C(O)C(O)C(O)C(O)C(O)CO. The first-order valence-electron chi connectivity index (χ1n) is 4.40. The summed E-state index contributed by atoms with van der Waals surface area (Å²) in [7, 11) is 0. The van der Waals surface area contributed by atoms with Gasteiger partial charge in [0, 0.05) is 6.92 Å². The molecule has 9 heteroatoms. The number of aliphatic hydroxyl groups excluding tert-OH is 5. The van der Waals surface area contributed by atoms with E-state index < -0.39 is 43.0 Å². The van der Waals surface area contributed by atoms with Crippen LogP contribution in [-0.2, 0) is 9.59 Å². The standard InChI is InChI=1S/C6H12O7.C2H4O2/c7-1-2(8)3(9)4(10)5(11)6(12)13;1-2(3)4/h2-5,7-11H,1H2,(H,12,13);1H3,(H,3,4). The van der Waals surface area contributed by atoms with Crippen LogP contribution in [0.5, 0.6) is 0 Å². The van der Waals surface area contributed by atoms with E-state index in [2.05, 4.69) is 0 Å². The van der Waals surface area contributed by atoms with Crippen LogP contribution in [0.15, 0.2) is 0 Å². The third-order valence-electron chi connectivity index (χ3n) is 1.51. The molecule has 0 saturated heterocycles. The normalized spacial score (nSPS) is 17.1. The van der Waals surface area contributed by atoms with Crippen LogP contribution in [0.4, 0.5) is 0 Å². The highest BCUT2D eigenvalue weighted by molar-refractivity contribution is 5.72. The molecule has 0 saturated carbocycles. The topological polar surface area (TPSA) is 176 Å². The van der Waals surface area contributed by atoms with E-state index in [0.717, 1.165) is 6.92 Å². The quantitative estimate of drug-likeness (QED) is 0.264. The number of carbonyl (C=O) groups is 2. The van der Waals surface area contributed by atoms with Crippen LogP contribution in [0, 0.1) is 0 Å². The minimum atomic E-state index is -2.20. The lowest BCUT2D eigenvalue weighted by molar-refractivity contribution is -0.164. The zero-order valence-corrected chi connectivity index (χ0v) is 8.96. The Hall–Kier alpha value is -1.26. The van der Waals surface area contributed by atoms with Crippen molar-refractivity contribution in [2.45, 2.75) is 31.3 Å². The van der Waals surface area contributed by atoms with Crippen LogP contribution in [-0.4, -0.2) is 78.7 Å². The molecule has 7 N–H and O–H groups in total. The van der Waals surface area contributed by atoms with Crippen molar-refractivity contribution < 1.29 is 45.3 Å². The average Bonchev–Trinajstić information content (AvgIpc) is 2.23. The summed E-state index contributed by atoms with van der Waals surface area (Å²) >= 11 is 0. The molecule has 102 valence electrons. The van der Waals surface area contributed by atoms with Gasteiger partial charge < -0.3 is 35.7 Å². The summed E-state index contributed by atoms with van der Waals surface area (Å²) in [5, 5.41) is 59.2. The lowest BCUT2D eigenvalue weighted by Crippen LogP contribution is -2.48. The summed E-state index contributed by atoms with van der Waals surface area (Å²) in [5.74, 6) is -2.56. The van der Waals surface area contributed by atoms with Gasteiger partial charge in [0.1, 0.15) is 18.3 Å². The Morgan fingerprint density at radius 1 is 1.00 bits per heavy atom. The van der Waals surface area contributed by atoms with Gasteiger partial charge in [-0.1, -0.05) is 0 Å². The van der Waals surface area contributed by atoms with Crippen molar-refractivity contribution in [2.75, 3.05) is 6.61 Å². The molecule has 0 fully saturated rings. The van der Waals surface area contributed by atoms with E-state index in [-0.39, 0.29) is 0 Å². The zero-order valence-electron chi connectivity index (χ0n) is 8.96. The van der Waals surface area contributed by atoms with E-state index >= 15 is 0 Å². The molecular formula is C8H16O9. The highest BCUT2D eigenvalue weighted by Crippen LogP contribution is 2.04. The molecule has 0 amide bonds. The van der Waals surface area contributed by atoms with Gasteiger partial charge in [0.25, 0.3) is 5.97 Å². The lowest BCUT2D eigenvalue weighted by atomic mass is 10.0. The average molecular weight is 256 g/mol. The van der Waals surface area contributed by atoms with Gasteiger partial charge in [-0.2, -0.15) is 0 Å². The Labute approximate surface area is 96.2 Å². The second-order valence-corrected chi connectivity index (χ2v) is 3.03. The molecule has 0 aliphatic rings. The van der Waals surface area contributed by atoms with Crippen molar-refractivity contribution in [3.05, 3.63) is 0 Å². The molecular weight excluding hydrogens is 240 g/mol. The maximum atomic E-state index is 10.1. The summed E-state index contributed by atoms with van der Waals surface area (Å²) in [4.78, 5) is 19.1. The van der Waals surface area contributed by atoms with Crippen molar-refractivity contribution in [1.82, 2.24) is 0 Å². The van der Waals surface area contributed by atoms with Crippen LogP contribution in [0.1, 0.15) is 6.92 Å². The number of aliphatic carboxylic acids is 2. The first-order chi connectivity index (χ1) is 7.64. The van der Waals surface area contributed by atoms with Gasteiger partial charge in [-0.05, 0) is 0 Å². The molecule has 0 bridgehead atoms. The van der Waals surface area contributed by atoms with Crippen LogP contribution >= 0.6 is 0 Å². The van der Waals surface area contributed by atoms with Gasteiger partial charge in [0.15, 0.2) is 6.10 Å². The maximum Gasteiger partial charge on any atom is 0.335 e. The molecule has 0 aromatic heterocycles. The molecule has 0 spiro atoms.